The molecule has 11 heteroatoms. The highest BCUT2D eigenvalue weighted by Gasteiger charge is 2.48. The molecule has 0 spiro atoms. The highest BCUT2D eigenvalue weighted by Crippen LogP contribution is 2.32. The number of hydrogen-bond donors (Lipinski definition) is 0. The van der Waals surface area contributed by atoms with Gasteiger partial charge in [-0.05, 0) is 24.9 Å². The van der Waals surface area contributed by atoms with Crippen LogP contribution in [0.15, 0.2) is 48.7 Å². The fourth-order valence-electron chi connectivity index (χ4n) is 3.58. The lowest BCUT2D eigenvalue weighted by Crippen LogP contribution is -2.33. The van der Waals surface area contributed by atoms with E-state index in [0.717, 1.165) is 44.1 Å². The molecule has 1 atom stereocenters. The highest BCUT2D eigenvalue weighted by molar-refractivity contribution is 7.87. The lowest BCUT2D eigenvalue weighted by molar-refractivity contribution is -0.0501. The number of piperidine rings is 1. The zero-order valence-electron chi connectivity index (χ0n) is 15.8. The largest absolute Gasteiger partial charge is 0.534 e. The van der Waals surface area contributed by atoms with Crippen molar-refractivity contribution in [2.24, 2.45) is 0 Å². The summed E-state index contributed by atoms with van der Waals surface area (Å²) in [5.41, 5.74) is -3.40. The van der Waals surface area contributed by atoms with Crippen molar-refractivity contribution in [1.82, 2.24) is 19.5 Å². The van der Waals surface area contributed by atoms with Crippen molar-refractivity contribution >= 4 is 15.8 Å². The van der Waals surface area contributed by atoms with Gasteiger partial charge in [0.2, 0.25) is 5.88 Å². The molecule has 160 valence electrons. The Bertz CT molecular complexity index is 1130. The van der Waals surface area contributed by atoms with E-state index in [2.05, 4.69) is 31.3 Å². The van der Waals surface area contributed by atoms with E-state index in [-0.39, 0.29) is 11.7 Å². The Morgan fingerprint density at radius 2 is 1.90 bits per heavy atom. The molecule has 7 nitrogen and oxygen atoms in total. The van der Waals surface area contributed by atoms with Crippen LogP contribution in [0.1, 0.15) is 36.6 Å². The number of hydrogen-bond acceptors (Lipinski definition) is 6. The van der Waals surface area contributed by atoms with Gasteiger partial charge in [-0.1, -0.05) is 36.8 Å². The van der Waals surface area contributed by atoms with Crippen LogP contribution in [0.3, 0.4) is 0 Å². The molecular formula is C19H19F3N4O3S. The monoisotopic (exact) mass is 440 g/mol. The van der Waals surface area contributed by atoms with Crippen molar-refractivity contribution in [2.75, 3.05) is 6.54 Å². The zero-order chi connectivity index (χ0) is 21.4. The summed E-state index contributed by atoms with van der Waals surface area (Å²) >= 11 is 0. The molecule has 1 aliphatic heterocycles. The molecule has 4 rings (SSSR count). The van der Waals surface area contributed by atoms with Crippen LogP contribution in [0, 0.1) is 0 Å². The van der Waals surface area contributed by atoms with E-state index in [9.17, 15) is 21.6 Å². The van der Waals surface area contributed by atoms with Crippen molar-refractivity contribution in [3.8, 4) is 5.88 Å². The number of alkyl halides is 3. The number of nitrogens with zero attached hydrogens (tertiary/aromatic N) is 4. The molecule has 1 aliphatic rings. The van der Waals surface area contributed by atoms with Gasteiger partial charge < -0.3 is 4.18 Å². The molecule has 0 amide bonds. The predicted molar refractivity (Wildman–Crippen MR) is 102 cm³/mol. The second-order valence-corrected chi connectivity index (χ2v) is 8.63. The average molecular weight is 440 g/mol. The summed E-state index contributed by atoms with van der Waals surface area (Å²) in [5.74, 6) is -0.656. The molecule has 0 N–H and O–H groups in total. The molecule has 0 unspecified atom stereocenters. The smallest absolute Gasteiger partial charge is 0.355 e. The molecule has 3 heterocycles. The first-order chi connectivity index (χ1) is 14.2. The van der Waals surface area contributed by atoms with Crippen LogP contribution in [0.4, 0.5) is 13.2 Å². The summed E-state index contributed by atoms with van der Waals surface area (Å²) in [4.78, 5) is 6.19. The van der Waals surface area contributed by atoms with Gasteiger partial charge in [-0.2, -0.15) is 31.7 Å². The lowest BCUT2D eigenvalue weighted by atomic mass is 9.98. The zero-order valence-corrected chi connectivity index (χ0v) is 16.6. The van der Waals surface area contributed by atoms with Crippen LogP contribution in [0.5, 0.6) is 5.88 Å². The number of rotatable bonds is 5. The molecule has 0 bridgehead atoms. The summed E-state index contributed by atoms with van der Waals surface area (Å²) in [7, 11) is -5.78. The molecule has 2 aromatic heterocycles. The van der Waals surface area contributed by atoms with Crippen LogP contribution in [-0.2, 0) is 16.7 Å². The fraction of sp³-hybridized carbons (Fsp3) is 0.368. The Morgan fingerprint density at radius 3 is 2.63 bits per heavy atom. The van der Waals surface area contributed by atoms with Gasteiger partial charge in [-0.15, -0.1) is 0 Å². The second kappa shape index (κ2) is 7.88. The van der Waals surface area contributed by atoms with Crippen molar-refractivity contribution in [3.05, 3.63) is 59.9 Å². The van der Waals surface area contributed by atoms with Crippen LogP contribution in [0.25, 0.3) is 5.65 Å². The van der Waals surface area contributed by atoms with Crippen molar-refractivity contribution in [3.63, 3.8) is 0 Å². The van der Waals surface area contributed by atoms with Crippen LogP contribution >= 0.6 is 0 Å². The van der Waals surface area contributed by atoms with E-state index in [1.807, 2.05) is 18.2 Å². The molecule has 1 saturated heterocycles. The van der Waals surface area contributed by atoms with Crippen LogP contribution < -0.4 is 4.18 Å². The maximum atomic E-state index is 12.5. The molecule has 3 aromatic rings. The third-order valence-electron chi connectivity index (χ3n) is 4.98. The van der Waals surface area contributed by atoms with Gasteiger partial charge in [-0.3, -0.25) is 4.90 Å². The van der Waals surface area contributed by atoms with Gasteiger partial charge in [0.05, 0.1) is 11.7 Å². The first kappa shape index (κ1) is 20.6. The molecular weight excluding hydrogens is 421 g/mol. The van der Waals surface area contributed by atoms with Crippen molar-refractivity contribution in [1.29, 1.82) is 0 Å². The number of aromatic nitrogens is 3. The first-order valence-corrected chi connectivity index (χ1v) is 10.8. The minimum Gasteiger partial charge on any atom is -0.355 e. The third kappa shape index (κ3) is 4.26. The molecule has 1 aromatic carbocycles. The molecule has 30 heavy (non-hydrogen) atoms. The Morgan fingerprint density at radius 1 is 1.13 bits per heavy atom. The van der Waals surface area contributed by atoms with Crippen molar-refractivity contribution < 1.29 is 25.8 Å². The van der Waals surface area contributed by atoms with Gasteiger partial charge in [0.1, 0.15) is 0 Å². The maximum Gasteiger partial charge on any atom is 0.534 e. The van der Waals surface area contributed by atoms with E-state index >= 15 is 0 Å². The van der Waals surface area contributed by atoms with Gasteiger partial charge in [-0.25, -0.2) is 4.52 Å². The standard InChI is InChI=1S/C19H19F3N4O3S/c20-19(21,22)30(27,28)29-18-9-11-26-17(23-18)12-15(24-26)16-8-4-5-10-25(16)13-14-6-2-1-3-7-14/h1-3,6-7,9,11-12,16H,4-5,8,10,13H2/t16-/m0/s1. The molecule has 0 saturated carbocycles. The molecule has 0 aliphatic carbocycles. The minimum atomic E-state index is -5.78. The highest BCUT2D eigenvalue weighted by atomic mass is 32.2. The normalized spacial score (nSPS) is 18.6. The maximum absolute atomic E-state index is 12.5. The topological polar surface area (TPSA) is 76.8 Å². The van der Waals surface area contributed by atoms with E-state index in [1.54, 1.807) is 6.07 Å². The minimum absolute atomic E-state index is 0.0314. The Hall–Kier alpha value is -2.66. The number of fused-ring (bicyclic) bond motifs is 1. The van der Waals surface area contributed by atoms with Crippen molar-refractivity contribution in [2.45, 2.75) is 37.4 Å². The average Bonchev–Trinajstić information content (AvgIpc) is 3.11. The fourth-order valence-corrected chi connectivity index (χ4v) is 3.99. The summed E-state index contributed by atoms with van der Waals surface area (Å²) in [6.07, 6.45) is 4.33. The number of halogens is 3. The van der Waals surface area contributed by atoms with Gasteiger partial charge in [0, 0.05) is 24.9 Å². The van der Waals surface area contributed by atoms with E-state index in [4.69, 9.17) is 0 Å². The Balaban J connectivity index is 1.59. The molecule has 1 fully saturated rings. The SMILES string of the molecule is O=S(=O)(Oc1ccn2nc([C@@H]3CCCCN3Cc3ccccc3)cc2n1)C(F)(F)F. The van der Waals surface area contributed by atoms with E-state index < -0.39 is 21.5 Å². The summed E-state index contributed by atoms with van der Waals surface area (Å²) in [5, 5.41) is 4.50. The number of likely N-dealkylation sites (tertiary alicyclic amines) is 1. The number of benzene rings is 1. The molecule has 0 radical (unpaired) electrons. The quantitative estimate of drug-likeness (QED) is 0.445. The second-order valence-electron chi connectivity index (χ2n) is 7.09. The van der Waals surface area contributed by atoms with Crippen LogP contribution in [-0.4, -0.2) is 40.0 Å². The van der Waals surface area contributed by atoms with E-state index in [0.29, 0.717) is 0 Å². The predicted octanol–water partition coefficient (Wildman–Crippen LogP) is 3.68. The Kier molecular flexibility index (Phi) is 5.41. The van der Waals surface area contributed by atoms with Crippen LogP contribution in [0.2, 0.25) is 0 Å². The lowest BCUT2D eigenvalue weighted by Gasteiger charge is -2.34. The van der Waals surface area contributed by atoms with Gasteiger partial charge in [0.25, 0.3) is 0 Å². The third-order valence-corrected chi connectivity index (χ3v) is 5.94. The summed E-state index contributed by atoms with van der Waals surface area (Å²) in [6.45, 7) is 1.66. The first-order valence-electron chi connectivity index (χ1n) is 9.38. The van der Waals surface area contributed by atoms with Gasteiger partial charge in [0.15, 0.2) is 5.65 Å². The van der Waals surface area contributed by atoms with E-state index in [1.165, 1.54) is 16.3 Å². The summed E-state index contributed by atoms with van der Waals surface area (Å²) in [6, 6.07) is 12.8. The van der Waals surface area contributed by atoms with Gasteiger partial charge >= 0.3 is 15.6 Å². The Labute approximate surface area is 171 Å². The summed E-state index contributed by atoms with van der Waals surface area (Å²) < 4.78 is 65.5.